The van der Waals surface area contributed by atoms with Crippen LogP contribution in [0.1, 0.15) is 26.7 Å². The van der Waals surface area contributed by atoms with Gasteiger partial charge in [0, 0.05) is 17.2 Å². The Kier molecular flexibility index (Phi) is 4.24. The van der Waals surface area contributed by atoms with Crippen molar-refractivity contribution in [3.8, 4) is 0 Å². The SMILES string of the molecule is CSC1(CNC(=O)C(C)C(C)C(=O)O)CC1. The molecule has 1 aliphatic carbocycles. The number of carbonyl (C=O) groups excluding carboxylic acids is 1. The summed E-state index contributed by atoms with van der Waals surface area (Å²) in [5.74, 6) is -2.19. The van der Waals surface area contributed by atoms with Crippen LogP contribution in [0.25, 0.3) is 0 Å². The molecule has 0 heterocycles. The molecule has 2 N–H and O–H groups in total. The van der Waals surface area contributed by atoms with Crippen molar-refractivity contribution in [2.24, 2.45) is 11.8 Å². The molecule has 0 spiro atoms. The molecule has 92 valence electrons. The molecule has 0 aromatic heterocycles. The Labute approximate surface area is 100 Å². The molecule has 0 aliphatic heterocycles. The van der Waals surface area contributed by atoms with Gasteiger partial charge in [-0.2, -0.15) is 11.8 Å². The molecule has 0 saturated heterocycles. The van der Waals surface area contributed by atoms with E-state index in [1.165, 1.54) is 0 Å². The second kappa shape index (κ2) is 5.08. The molecule has 1 amide bonds. The number of carbonyl (C=O) groups is 2. The smallest absolute Gasteiger partial charge is 0.307 e. The minimum Gasteiger partial charge on any atom is -0.481 e. The van der Waals surface area contributed by atoms with Crippen LogP contribution in [0.4, 0.5) is 0 Å². The summed E-state index contributed by atoms with van der Waals surface area (Å²) >= 11 is 1.78. The Morgan fingerprint density at radius 3 is 2.31 bits per heavy atom. The molecule has 1 aliphatic rings. The Bertz CT molecular complexity index is 289. The number of amides is 1. The topological polar surface area (TPSA) is 66.4 Å². The lowest BCUT2D eigenvalue weighted by Gasteiger charge is -2.18. The first-order valence-corrected chi connectivity index (χ1v) is 6.70. The van der Waals surface area contributed by atoms with Gasteiger partial charge in [-0.1, -0.05) is 13.8 Å². The summed E-state index contributed by atoms with van der Waals surface area (Å²) in [6.45, 7) is 3.88. The third-order valence-corrected chi connectivity index (χ3v) is 4.80. The molecule has 2 atom stereocenters. The summed E-state index contributed by atoms with van der Waals surface area (Å²) in [6, 6.07) is 0. The standard InChI is InChI=1S/C11H19NO3S/c1-7(8(2)10(14)15)9(13)12-6-11(16-3)4-5-11/h7-8H,4-6H2,1-3H3,(H,12,13)(H,14,15). The second-order valence-electron chi connectivity index (χ2n) is 4.52. The third-order valence-electron chi connectivity index (χ3n) is 3.38. The van der Waals surface area contributed by atoms with Crippen LogP contribution in [-0.4, -0.2) is 34.5 Å². The zero-order chi connectivity index (χ0) is 12.3. The molecule has 1 fully saturated rings. The van der Waals surface area contributed by atoms with Crippen LogP contribution >= 0.6 is 11.8 Å². The first-order chi connectivity index (χ1) is 7.42. The van der Waals surface area contributed by atoms with Crippen LogP contribution < -0.4 is 5.32 Å². The molecule has 16 heavy (non-hydrogen) atoms. The molecule has 1 saturated carbocycles. The van der Waals surface area contributed by atoms with Crippen LogP contribution in [-0.2, 0) is 9.59 Å². The fourth-order valence-electron chi connectivity index (χ4n) is 1.44. The molecular formula is C11H19NO3S. The van der Waals surface area contributed by atoms with E-state index < -0.39 is 17.8 Å². The van der Waals surface area contributed by atoms with Crippen LogP contribution in [0, 0.1) is 11.8 Å². The molecule has 4 nitrogen and oxygen atoms in total. The van der Waals surface area contributed by atoms with E-state index >= 15 is 0 Å². The van der Waals surface area contributed by atoms with Gasteiger partial charge in [-0.3, -0.25) is 9.59 Å². The van der Waals surface area contributed by atoms with E-state index in [4.69, 9.17) is 5.11 Å². The number of hydrogen-bond donors (Lipinski definition) is 2. The highest BCUT2D eigenvalue weighted by Crippen LogP contribution is 2.46. The maximum atomic E-state index is 11.7. The number of rotatable bonds is 6. The minimum atomic E-state index is -0.923. The van der Waals surface area contributed by atoms with E-state index in [-0.39, 0.29) is 10.7 Å². The fraction of sp³-hybridized carbons (Fsp3) is 0.818. The predicted molar refractivity (Wildman–Crippen MR) is 64.5 cm³/mol. The van der Waals surface area contributed by atoms with Crippen molar-refractivity contribution in [3.05, 3.63) is 0 Å². The maximum Gasteiger partial charge on any atom is 0.307 e. The van der Waals surface area contributed by atoms with Crippen molar-refractivity contribution in [1.82, 2.24) is 5.32 Å². The Hall–Kier alpha value is -0.710. The van der Waals surface area contributed by atoms with Crippen LogP contribution in [0.2, 0.25) is 0 Å². The number of aliphatic carboxylic acids is 1. The third kappa shape index (κ3) is 3.14. The van der Waals surface area contributed by atoms with Gasteiger partial charge in [0.15, 0.2) is 0 Å². The zero-order valence-corrected chi connectivity index (χ0v) is 10.8. The molecule has 0 aromatic rings. The summed E-state index contributed by atoms with van der Waals surface area (Å²) in [7, 11) is 0. The van der Waals surface area contributed by atoms with E-state index in [1.807, 2.05) is 6.26 Å². The molecule has 1 rings (SSSR count). The van der Waals surface area contributed by atoms with Crippen molar-refractivity contribution in [2.45, 2.75) is 31.4 Å². The number of thioether (sulfide) groups is 1. The van der Waals surface area contributed by atoms with E-state index in [9.17, 15) is 9.59 Å². The quantitative estimate of drug-likeness (QED) is 0.741. The van der Waals surface area contributed by atoms with Crippen LogP contribution in [0.3, 0.4) is 0 Å². The Balaban J connectivity index is 2.37. The molecule has 0 radical (unpaired) electrons. The highest BCUT2D eigenvalue weighted by Gasteiger charge is 2.42. The van der Waals surface area contributed by atoms with Crippen molar-refractivity contribution < 1.29 is 14.7 Å². The highest BCUT2D eigenvalue weighted by atomic mass is 32.2. The van der Waals surface area contributed by atoms with Crippen molar-refractivity contribution in [2.75, 3.05) is 12.8 Å². The summed E-state index contributed by atoms with van der Waals surface area (Å²) in [5.41, 5.74) is 0. The van der Waals surface area contributed by atoms with Gasteiger partial charge in [-0.25, -0.2) is 0 Å². The largest absolute Gasteiger partial charge is 0.481 e. The molecule has 0 aromatic carbocycles. The monoisotopic (exact) mass is 245 g/mol. The fourth-order valence-corrected chi connectivity index (χ4v) is 2.17. The van der Waals surface area contributed by atoms with Crippen molar-refractivity contribution >= 4 is 23.6 Å². The van der Waals surface area contributed by atoms with E-state index in [0.717, 1.165) is 12.8 Å². The lowest BCUT2D eigenvalue weighted by Crippen LogP contribution is -2.39. The predicted octanol–water partition coefficient (Wildman–Crippen LogP) is 1.35. The average molecular weight is 245 g/mol. The molecule has 5 heteroatoms. The highest BCUT2D eigenvalue weighted by molar-refractivity contribution is 8.00. The normalized spacial score (nSPS) is 20.9. The Morgan fingerprint density at radius 2 is 1.94 bits per heavy atom. The average Bonchev–Trinajstić information content (AvgIpc) is 3.04. The Morgan fingerprint density at radius 1 is 1.38 bits per heavy atom. The van der Waals surface area contributed by atoms with Gasteiger partial charge < -0.3 is 10.4 Å². The lowest BCUT2D eigenvalue weighted by atomic mass is 9.95. The van der Waals surface area contributed by atoms with Gasteiger partial charge in [0.1, 0.15) is 0 Å². The number of nitrogens with one attached hydrogen (secondary N) is 1. The molecule has 0 bridgehead atoms. The van der Waals surface area contributed by atoms with Crippen molar-refractivity contribution in [1.29, 1.82) is 0 Å². The summed E-state index contributed by atoms with van der Waals surface area (Å²) in [4.78, 5) is 22.4. The molecule has 2 unspecified atom stereocenters. The first kappa shape index (κ1) is 13.4. The van der Waals surface area contributed by atoms with E-state index in [1.54, 1.807) is 25.6 Å². The lowest BCUT2D eigenvalue weighted by molar-refractivity contribution is -0.146. The van der Waals surface area contributed by atoms with Gasteiger partial charge in [-0.15, -0.1) is 0 Å². The van der Waals surface area contributed by atoms with E-state index in [2.05, 4.69) is 5.32 Å². The van der Waals surface area contributed by atoms with Crippen LogP contribution in [0.5, 0.6) is 0 Å². The van der Waals surface area contributed by atoms with Gasteiger partial charge >= 0.3 is 5.97 Å². The maximum absolute atomic E-state index is 11.7. The minimum absolute atomic E-state index is 0.157. The van der Waals surface area contributed by atoms with Gasteiger partial charge in [-0.05, 0) is 19.1 Å². The molecular weight excluding hydrogens is 226 g/mol. The van der Waals surface area contributed by atoms with Crippen molar-refractivity contribution in [3.63, 3.8) is 0 Å². The summed E-state index contributed by atoms with van der Waals surface area (Å²) in [5, 5.41) is 11.7. The number of hydrogen-bond acceptors (Lipinski definition) is 3. The van der Waals surface area contributed by atoms with Gasteiger partial charge in [0.2, 0.25) is 5.91 Å². The summed E-state index contributed by atoms with van der Waals surface area (Å²) in [6.07, 6.45) is 4.32. The summed E-state index contributed by atoms with van der Waals surface area (Å²) < 4.78 is 0.224. The zero-order valence-electron chi connectivity index (χ0n) is 9.95. The number of carboxylic acids is 1. The first-order valence-electron chi connectivity index (χ1n) is 5.47. The van der Waals surface area contributed by atoms with Gasteiger partial charge in [0.05, 0.1) is 5.92 Å². The van der Waals surface area contributed by atoms with Gasteiger partial charge in [0.25, 0.3) is 0 Å². The van der Waals surface area contributed by atoms with Crippen LogP contribution in [0.15, 0.2) is 0 Å². The second-order valence-corrected chi connectivity index (χ2v) is 5.79. The number of carboxylic acid groups (broad SMARTS) is 1. The van der Waals surface area contributed by atoms with E-state index in [0.29, 0.717) is 6.54 Å².